The number of halogens is 3. The van der Waals surface area contributed by atoms with Crippen LogP contribution in [0, 0.1) is 0 Å². The summed E-state index contributed by atoms with van der Waals surface area (Å²) in [6.07, 6.45) is 3.18. The average Bonchev–Trinajstić information content (AvgIpc) is 2.95. The normalized spacial score (nSPS) is 10.6. The highest BCUT2D eigenvalue weighted by molar-refractivity contribution is 6.33. The van der Waals surface area contributed by atoms with Gasteiger partial charge in [-0.05, 0) is 24.3 Å². The second-order valence-electron chi connectivity index (χ2n) is 4.58. The molecule has 5 nitrogen and oxygen atoms in total. The Morgan fingerprint density at radius 3 is 2.48 bits per heavy atom. The number of rotatable bonds is 3. The molecule has 0 saturated carbocycles. The number of hydrogen-bond donors (Lipinski definition) is 1. The van der Waals surface area contributed by atoms with Crippen LogP contribution in [-0.2, 0) is 0 Å². The molecule has 0 aliphatic carbocycles. The zero-order valence-corrected chi connectivity index (χ0v) is 13.8. The van der Waals surface area contributed by atoms with Gasteiger partial charge in [0.2, 0.25) is 0 Å². The van der Waals surface area contributed by atoms with E-state index in [0.717, 1.165) is 0 Å². The maximum absolute atomic E-state index is 12.2. The van der Waals surface area contributed by atoms with Crippen molar-refractivity contribution < 1.29 is 4.79 Å². The van der Waals surface area contributed by atoms with E-state index in [-0.39, 0.29) is 16.2 Å². The molecule has 0 unspecified atom stereocenters. The highest BCUT2D eigenvalue weighted by Crippen LogP contribution is 2.21. The Morgan fingerprint density at radius 2 is 1.78 bits per heavy atom. The Morgan fingerprint density at radius 1 is 1.09 bits per heavy atom. The van der Waals surface area contributed by atoms with Crippen molar-refractivity contribution in [2.45, 2.75) is 0 Å². The molecule has 0 spiro atoms. The summed E-state index contributed by atoms with van der Waals surface area (Å²) in [5.74, 6) is -0.366. The zero-order valence-electron chi connectivity index (χ0n) is 11.5. The monoisotopic (exact) mass is 366 g/mol. The van der Waals surface area contributed by atoms with E-state index in [4.69, 9.17) is 34.8 Å². The van der Waals surface area contributed by atoms with Crippen molar-refractivity contribution in [3.05, 3.63) is 69.7 Å². The lowest BCUT2D eigenvalue weighted by atomic mass is 10.2. The van der Waals surface area contributed by atoms with Crippen LogP contribution in [0.2, 0.25) is 15.3 Å². The zero-order chi connectivity index (χ0) is 16.4. The fraction of sp³-hybridized carbons (Fsp3) is 0. The van der Waals surface area contributed by atoms with Gasteiger partial charge in [-0.15, -0.1) is 0 Å². The van der Waals surface area contributed by atoms with Gasteiger partial charge in [0.25, 0.3) is 5.91 Å². The summed E-state index contributed by atoms with van der Waals surface area (Å²) >= 11 is 17.7. The molecule has 0 aliphatic heterocycles. The van der Waals surface area contributed by atoms with E-state index in [9.17, 15) is 4.79 Å². The third-order valence-electron chi connectivity index (χ3n) is 2.96. The van der Waals surface area contributed by atoms with Gasteiger partial charge in [-0.3, -0.25) is 4.79 Å². The van der Waals surface area contributed by atoms with Crippen molar-refractivity contribution in [2.75, 3.05) is 5.32 Å². The number of pyridine rings is 1. The molecule has 0 radical (unpaired) electrons. The van der Waals surface area contributed by atoms with E-state index >= 15 is 0 Å². The smallest absolute Gasteiger partial charge is 0.255 e. The number of aromatic nitrogens is 3. The summed E-state index contributed by atoms with van der Waals surface area (Å²) in [5.41, 5.74) is 1.53. The van der Waals surface area contributed by atoms with E-state index in [1.165, 1.54) is 18.3 Å². The van der Waals surface area contributed by atoms with E-state index in [1.807, 2.05) is 18.2 Å². The predicted octanol–water partition coefficient (Wildman–Crippen LogP) is 4.48. The molecule has 0 aliphatic rings. The van der Waals surface area contributed by atoms with Crippen LogP contribution in [0.5, 0.6) is 0 Å². The Kier molecular flexibility index (Phi) is 4.52. The molecule has 1 N–H and O–H groups in total. The van der Waals surface area contributed by atoms with Crippen LogP contribution in [0.1, 0.15) is 10.4 Å². The number of para-hydroxylation sites is 1. The molecular weight excluding hydrogens is 359 g/mol. The Balaban J connectivity index is 1.82. The second-order valence-corrected chi connectivity index (χ2v) is 5.76. The summed E-state index contributed by atoms with van der Waals surface area (Å²) in [4.78, 5) is 16.0. The predicted molar refractivity (Wildman–Crippen MR) is 90.8 cm³/mol. The van der Waals surface area contributed by atoms with Crippen molar-refractivity contribution in [2.24, 2.45) is 0 Å². The summed E-state index contributed by atoms with van der Waals surface area (Å²) in [6.45, 7) is 0. The summed E-state index contributed by atoms with van der Waals surface area (Å²) in [6, 6.07) is 10.1. The van der Waals surface area contributed by atoms with Crippen LogP contribution in [0.4, 0.5) is 5.69 Å². The van der Waals surface area contributed by atoms with Crippen LogP contribution in [0.15, 0.2) is 48.8 Å². The standard InChI is InChI=1S/C15H9Cl3N4O/c16-11-3-1-2-4-12(11)22-8-10(7-19-22)20-15(23)9-5-13(17)21-14(18)6-9/h1-8H,(H,20,23). The molecular formula is C15H9Cl3N4O. The highest BCUT2D eigenvalue weighted by atomic mass is 35.5. The number of nitrogens with one attached hydrogen (secondary N) is 1. The first-order valence-corrected chi connectivity index (χ1v) is 7.60. The molecule has 116 valence electrons. The largest absolute Gasteiger partial charge is 0.319 e. The fourth-order valence-electron chi connectivity index (χ4n) is 1.96. The van der Waals surface area contributed by atoms with Crippen molar-refractivity contribution in [1.29, 1.82) is 0 Å². The van der Waals surface area contributed by atoms with Crippen LogP contribution in [0.3, 0.4) is 0 Å². The molecule has 3 rings (SSSR count). The number of carbonyl (C=O) groups excluding carboxylic acids is 1. The summed E-state index contributed by atoms with van der Waals surface area (Å²) in [5, 5.41) is 7.75. The lowest BCUT2D eigenvalue weighted by Gasteiger charge is -2.04. The second kappa shape index (κ2) is 6.58. The minimum absolute atomic E-state index is 0.148. The van der Waals surface area contributed by atoms with Gasteiger partial charge in [-0.25, -0.2) is 9.67 Å². The number of anilines is 1. The molecule has 2 heterocycles. The number of hydrogen-bond acceptors (Lipinski definition) is 3. The Bertz CT molecular complexity index is 858. The lowest BCUT2D eigenvalue weighted by Crippen LogP contribution is -2.11. The van der Waals surface area contributed by atoms with Gasteiger partial charge in [0.1, 0.15) is 10.3 Å². The number of carbonyl (C=O) groups is 1. The summed E-state index contributed by atoms with van der Waals surface area (Å²) < 4.78 is 1.57. The van der Waals surface area contributed by atoms with E-state index in [0.29, 0.717) is 22.0 Å². The minimum Gasteiger partial charge on any atom is -0.319 e. The average molecular weight is 368 g/mol. The quantitative estimate of drug-likeness (QED) is 0.694. The third kappa shape index (κ3) is 3.64. The molecule has 8 heteroatoms. The molecule has 0 atom stereocenters. The van der Waals surface area contributed by atoms with Crippen molar-refractivity contribution in [3.8, 4) is 5.69 Å². The van der Waals surface area contributed by atoms with Gasteiger partial charge < -0.3 is 5.32 Å². The Hall–Kier alpha value is -2.08. The molecule has 0 bridgehead atoms. The highest BCUT2D eigenvalue weighted by Gasteiger charge is 2.11. The van der Waals surface area contributed by atoms with Gasteiger partial charge in [0, 0.05) is 5.56 Å². The first-order valence-electron chi connectivity index (χ1n) is 6.47. The fourth-order valence-corrected chi connectivity index (χ4v) is 2.64. The van der Waals surface area contributed by atoms with Gasteiger partial charge in [-0.2, -0.15) is 5.10 Å². The minimum atomic E-state index is -0.366. The molecule has 23 heavy (non-hydrogen) atoms. The molecule has 3 aromatic rings. The van der Waals surface area contributed by atoms with Gasteiger partial charge >= 0.3 is 0 Å². The molecule has 1 amide bonds. The summed E-state index contributed by atoms with van der Waals surface area (Å²) in [7, 11) is 0. The molecule has 1 aromatic carbocycles. The van der Waals surface area contributed by atoms with E-state index in [2.05, 4.69) is 15.4 Å². The van der Waals surface area contributed by atoms with Gasteiger partial charge in [0.05, 0.1) is 28.8 Å². The maximum Gasteiger partial charge on any atom is 0.255 e. The van der Waals surface area contributed by atoms with Gasteiger partial charge in [0.15, 0.2) is 0 Å². The topological polar surface area (TPSA) is 59.8 Å². The van der Waals surface area contributed by atoms with Crippen molar-refractivity contribution in [1.82, 2.24) is 14.8 Å². The first kappa shape index (κ1) is 15.8. The van der Waals surface area contributed by atoms with E-state index < -0.39 is 0 Å². The van der Waals surface area contributed by atoms with E-state index in [1.54, 1.807) is 16.9 Å². The van der Waals surface area contributed by atoms with Gasteiger partial charge in [-0.1, -0.05) is 46.9 Å². The van der Waals surface area contributed by atoms with Crippen LogP contribution < -0.4 is 5.32 Å². The maximum atomic E-state index is 12.2. The van der Waals surface area contributed by atoms with Crippen LogP contribution in [0.25, 0.3) is 5.69 Å². The molecule has 2 aromatic heterocycles. The molecule has 0 fully saturated rings. The SMILES string of the molecule is O=C(Nc1cnn(-c2ccccc2Cl)c1)c1cc(Cl)nc(Cl)c1. The van der Waals surface area contributed by atoms with Crippen molar-refractivity contribution >= 4 is 46.4 Å². The molecule has 0 saturated heterocycles. The number of nitrogens with zero attached hydrogens (tertiary/aromatic N) is 3. The van der Waals surface area contributed by atoms with Crippen LogP contribution in [-0.4, -0.2) is 20.7 Å². The first-order chi connectivity index (χ1) is 11.0. The lowest BCUT2D eigenvalue weighted by molar-refractivity contribution is 0.102. The Labute approximate surface area is 146 Å². The number of amides is 1. The number of benzene rings is 1. The van der Waals surface area contributed by atoms with Crippen molar-refractivity contribution in [3.63, 3.8) is 0 Å². The van der Waals surface area contributed by atoms with Crippen LogP contribution >= 0.6 is 34.8 Å². The third-order valence-corrected chi connectivity index (χ3v) is 3.67.